The molecule has 3 rings (SSSR count). The summed E-state index contributed by atoms with van der Waals surface area (Å²) in [4.78, 5) is 53.4. The molecule has 3 saturated heterocycles. The van der Waals surface area contributed by atoms with Crippen molar-refractivity contribution in [3.8, 4) is 0 Å². The van der Waals surface area contributed by atoms with Gasteiger partial charge in [0.1, 0.15) is 35.5 Å². The molecule has 3 N–H and O–H groups in total. The summed E-state index contributed by atoms with van der Waals surface area (Å²) in [5.41, 5.74) is -3.31. The third kappa shape index (κ3) is 9.43. The van der Waals surface area contributed by atoms with E-state index in [1.54, 1.807) is 34.6 Å². The van der Waals surface area contributed by atoms with E-state index < -0.39 is 108 Å². The maximum Gasteiger partial charge on any atom is 0.387 e. The van der Waals surface area contributed by atoms with Crippen molar-refractivity contribution >= 4 is 23.4 Å². The molecule has 0 aromatic rings. The number of ether oxygens (including phenoxy) is 6. The van der Waals surface area contributed by atoms with Crippen LogP contribution in [0.25, 0.3) is 0 Å². The van der Waals surface area contributed by atoms with Crippen molar-refractivity contribution in [2.45, 2.75) is 142 Å². The van der Waals surface area contributed by atoms with Crippen LogP contribution in [0, 0.1) is 28.6 Å². The number of cyclic esters (lactones) is 1. The summed E-state index contributed by atoms with van der Waals surface area (Å²) in [7, 11) is 3.69. The molecule has 0 aromatic carbocycles. The number of fused-ring (bicyclic) bond motifs is 5. The summed E-state index contributed by atoms with van der Waals surface area (Å²) >= 11 is 0. The van der Waals surface area contributed by atoms with Gasteiger partial charge in [-0.3, -0.25) is 14.4 Å². The van der Waals surface area contributed by atoms with Crippen molar-refractivity contribution in [3.05, 3.63) is 4.91 Å². The Morgan fingerprint density at radius 3 is 2.30 bits per heavy atom. The Morgan fingerprint density at radius 1 is 1.10 bits per heavy atom. The van der Waals surface area contributed by atoms with Crippen molar-refractivity contribution in [1.29, 1.82) is 0 Å². The third-order valence-corrected chi connectivity index (χ3v) is 10.5. The number of aliphatic hydroxyl groups excluding tert-OH is 1. The van der Waals surface area contributed by atoms with Crippen LogP contribution in [0.15, 0.2) is 5.10 Å². The predicted molar refractivity (Wildman–Crippen MR) is 177 cm³/mol. The lowest BCUT2D eigenvalue weighted by molar-refractivity contribution is -0.796. The van der Waals surface area contributed by atoms with E-state index in [1.807, 2.05) is 25.9 Å². The second-order valence-electron chi connectivity index (χ2n) is 15.0. The monoisotopic (exact) mass is 716 g/mol. The van der Waals surface area contributed by atoms with Gasteiger partial charge in [0.15, 0.2) is 18.2 Å². The standard InChI is InChI=1S/C34H58N3O13/c1-12-25-34(9,42)30-19(4)26(35-37(43)44)17(2)14-33(8,46-16-23(39)15-45-30)29(20(5)27(40)21(6)31(41)49-25)50-32-28(48-22(7)38)24(36(10)11)13-18(3)47-32/h17-21,24-25,27-30,32,40,42H,12-16H2,1-11H3,(H,43,44)/q+1/t17-,18-,19+,20+,21-,24+,25-,27+,28-,29-,30-,32+,33-,34-/m1/s1. The summed E-state index contributed by atoms with van der Waals surface area (Å²) in [6, 6.07) is -0.317. The van der Waals surface area contributed by atoms with Crippen LogP contribution in [0.1, 0.15) is 81.6 Å². The Labute approximate surface area is 294 Å². The molecule has 16 nitrogen and oxygen atoms in total. The normalized spacial score (nSPS) is 43.4. The molecule has 286 valence electrons. The Morgan fingerprint density at radius 2 is 1.74 bits per heavy atom. The number of esters is 2. The van der Waals surface area contributed by atoms with Gasteiger partial charge >= 0.3 is 17.0 Å². The van der Waals surface area contributed by atoms with Gasteiger partial charge in [0.2, 0.25) is 0 Å². The first-order valence-electron chi connectivity index (χ1n) is 17.4. The zero-order valence-corrected chi connectivity index (χ0v) is 31.2. The minimum absolute atomic E-state index is 0.00152. The van der Waals surface area contributed by atoms with Crippen molar-refractivity contribution in [3.63, 3.8) is 0 Å². The minimum atomic E-state index is -1.93. The van der Waals surface area contributed by atoms with E-state index in [2.05, 4.69) is 5.10 Å². The summed E-state index contributed by atoms with van der Waals surface area (Å²) in [6.45, 7) is 13.5. The number of Topliss-reactive ketones (excluding diaryl/α,β-unsaturated/α-hetero) is 1. The van der Waals surface area contributed by atoms with Gasteiger partial charge in [-0.1, -0.05) is 27.7 Å². The van der Waals surface area contributed by atoms with E-state index >= 15 is 0 Å². The van der Waals surface area contributed by atoms with E-state index in [1.165, 1.54) is 20.8 Å². The fraction of sp³-hybridized carbons (Fsp3) is 0.882. The average Bonchev–Trinajstić information content (AvgIpc) is 3.03. The van der Waals surface area contributed by atoms with E-state index in [9.17, 15) is 34.7 Å². The highest BCUT2D eigenvalue weighted by molar-refractivity contribution is 5.89. The van der Waals surface area contributed by atoms with Crippen LogP contribution in [0.4, 0.5) is 0 Å². The molecule has 0 amide bonds. The number of carbonyl (C=O) groups is 3. The molecule has 0 spiro atoms. The van der Waals surface area contributed by atoms with Crippen LogP contribution in [0.5, 0.6) is 0 Å². The molecular weight excluding hydrogens is 658 g/mol. The predicted octanol–water partition coefficient (Wildman–Crippen LogP) is 2.02. The maximum atomic E-state index is 13.7. The van der Waals surface area contributed by atoms with Crippen LogP contribution >= 0.6 is 0 Å². The van der Waals surface area contributed by atoms with Gasteiger partial charge in [0.25, 0.3) is 0 Å². The minimum Gasteiger partial charge on any atom is -0.459 e. The smallest absolute Gasteiger partial charge is 0.387 e. The summed E-state index contributed by atoms with van der Waals surface area (Å²) in [6.07, 6.45) is -6.78. The van der Waals surface area contributed by atoms with Crippen LogP contribution < -0.4 is 0 Å². The number of hydrazone groups is 1. The molecule has 50 heavy (non-hydrogen) atoms. The number of nitrogens with zero attached hydrogens (tertiary/aromatic N) is 3. The Kier molecular flexibility index (Phi) is 14.1. The number of hydrogen-bond acceptors (Lipinski definition) is 13. The van der Waals surface area contributed by atoms with Crippen LogP contribution in [0.2, 0.25) is 0 Å². The van der Waals surface area contributed by atoms with Gasteiger partial charge in [-0.2, -0.15) is 0 Å². The van der Waals surface area contributed by atoms with E-state index in [0.29, 0.717) is 6.42 Å². The number of hydrogen-bond donors (Lipinski definition) is 3. The molecule has 3 heterocycles. The number of rotatable bonds is 6. The number of ketones is 1. The zero-order valence-electron chi connectivity index (χ0n) is 31.2. The zero-order chi connectivity index (χ0) is 37.9. The van der Waals surface area contributed by atoms with E-state index in [0.717, 1.165) is 0 Å². The second kappa shape index (κ2) is 16.8. The second-order valence-corrected chi connectivity index (χ2v) is 15.0. The Balaban J connectivity index is 2.31. The van der Waals surface area contributed by atoms with Gasteiger partial charge < -0.3 is 43.5 Å². The first-order valence-corrected chi connectivity index (χ1v) is 17.4. The summed E-state index contributed by atoms with van der Waals surface area (Å²) in [5.74, 6) is -5.51. The van der Waals surface area contributed by atoms with Crippen LogP contribution in [-0.2, 0) is 42.8 Å². The molecular formula is C34H58N3O13+. The van der Waals surface area contributed by atoms with Gasteiger partial charge in [0.05, 0.1) is 47.1 Å². The van der Waals surface area contributed by atoms with Gasteiger partial charge in [-0.15, -0.1) is 0 Å². The lowest BCUT2D eigenvalue weighted by Gasteiger charge is -2.49. The molecule has 0 unspecified atom stereocenters. The van der Waals surface area contributed by atoms with Crippen molar-refractivity contribution in [2.75, 3.05) is 27.3 Å². The van der Waals surface area contributed by atoms with Gasteiger partial charge in [0, 0.05) is 24.7 Å². The SMILES string of the molecule is CC[C@H]1OC(=O)[C@H](C)[C@@H](O)[C@H](C)[C@@H](O[C@@H]2O[C@H](C)C[C@H](N(C)C)[C@H]2OC(C)=O)[C@@]2(C)C[C@@H](C)C(=N[N+](=O)O)[C@H](C)[C@@H](OCC(=O)CO2)[C@]1(C)O. The first kappa shape index (κ1) is 41.8. The number of likely N-dealkylation sites (N-methyl/N-ethyl adjacent to an activating group) is 1. The molecule has 16 heteroatoms. The fourth-order valence-electron chi connectivity index (χ4n) is 7.90. The molecule has 0 aromatic heterocycles. The maximum absolute atomic E-state index is 13.7. The first-order chi connectivity index (χ1) is 23.1. The molecule has 2 bridgehead atoms. The lowest BCUT2D eigenvalue weighted by atomic mass is 9.73. The fourth-order valence-corrected chi connectivity index (χ4v) is 7.90. The van der Waals surface area contributed by atoms with Gasteiger partial charge in [-0.05, 0) is 61.1 Å². The lowest BCUT2D eigenvalue weighted by Crippen LogP contribution is -2.61. The topological polar surface area (TPSA) is 203 Å². The van der Waals surface area contributed by atoms with Gasteiger partial charge in [-0.25, -0.2) is 5.21 Å². The van der Waals surface area contributed by atoms with Crippen molar-refractivity contribution in [1.82, 2.24) is 4.90 Å². The molecule has 3 aliphatic rings. The summed E-state index contributed by atoms with van der Waals surface area (Å²) < 4.78 is 37.1. The highest BCUT2D eigenvalue weighted by atomic mass is 16.7. The van der Waals surface area contributed by atoms with Crippen molar-refractivity contribution in [2.24, 2.45) is 28.8 Å². The highest BCUT2D eigenvalue weighted by Crippen LogP contribution is 2.41. The quantitative estimate of drug-likeness (QED) is 0.266. The van der Waals surface area contributed by atoms with E-state index in [4.69, 9.17) is 28.4 Å². The Hall–Kier alpha value is -2.60. The molecule has 3 aliphatic heterocycles. The molecule has 14 atom stereocenters. The van der Waals surface area contributed by atoms with E-state index in [-0.39, 0.29) is 30.7 Å². The van der Waals surface area contributed by atoms with Crippen molar-refractivity contribution < 1.29 is 63.3 Å². The molecule has 0 radical (unpaired) electrons. The largest absolute Gasteiger partial charge is 0.459 e. The molecule has 0 saturated carbocycles. The molecule has 3 fully saturated rings. The molecule has 0 aliphatic carbocycles. The Bertz CT molecular complexity index is 1260. The highest BCUT2D eigenvalue weighted by Gasteiger charge is 2.54. The summed E-state index contributed by atoms with van der Waals surface area (Å²) in [5, 5.41) is 36.9. The number of carbonyl (C=O) groups excluding carboxylic acids is 3. The van der Waals surface area contributed by atoms with Crippen LogP contribution in [0.3, 0.4) is 0 Å². The van der Waals surface area contributed by atoms with Crippen LogP contribution in [-0.4, -0.2) is 136 Å². The number of aliphatic hydroxyl groups is 2. The average molecular weight is 717 g/mol. The third-order valence-electron chi connectivity index (χ3n) is 10.5.